The molecule has 0 atom stereocenters. The Morgan fingerprint density at radius 3 is 2.40 bits per heavy atom. The second-order valence-electron chi connectivity index (χ2n) is 5.62. The van der Waals surface area contributed by atoms with Gasteiger partial charge in [0.2, 0.25) is 0 Å². The van der Waals surface area contributed by atoms with Crippen LogP contribution in [0.5, 0.6) is 0 Å². The summed E-state index contributed by atoms with van der Waals surface area (Å²) in [6.07, 6.45) is -0.443. The van der Waals surface area contributed by atoms with Gasteiger partial charge in [0.1, 0.15) is 5.60 Å². The van der Waals surface area contributed by atoms with Crippen molar-refractivity contribution in [3.8, 4) is 0 Å². The van der Waals surface area contributed by atoms with E-state index in [0.29, 0.717) is 24.5 Å². The summed E-state index contributed by atoms with van der Waals surface area (Å²) in [4.78, 5) is 15.8. The van der Waals surface area contributed by atoms with E-state index in [2.05, 4.69) is 10.3 Å². The van der Waals surface area contributed by atoms with Crippen molar-refractivity contribution in [2.24, 2.45) is 4.99 Å². The smallest absolute Gasteiger partial charge is 0.407 e. The number of nitrogens with one attached hydrogen (secondary N) is 1. The standard InChI is InChI=1S/C14H23N3O3/c1-10-8-12(9-11(2)17(10)19)15-6-7-16-13(18)20-14(3,4)5/h8-9,19H,6-7H2,1-5H3,(H,16,18). The monoisotopic (exact) mass is 281 g/mol. The molecule has 0 unspecified atom stereocenters. The fourth-order valence-electron chi connectivity index (χ4n) is 1.62. The zero-order valence-corrected chi connectivity index (χ0v) is 12.7. The van der Waals surface area contributed by atoms with Crippen LogP contribution in [-0.2, 0) is 4.74 Å². The summed E-state index contributed by atoms with van der Waals surface area (Å²) in [5.74, 6) is 0. The second-order valence-corrected chi connectivity index (χ2v) is 5.62. The van der Waals surface area contributed by atoms with E-state index < -0.39 is 11.7 Å². The lowest BCUT2D eigenvalue weighted by atomic mass is 10.2. The topological polar surface area (TPSA) is 75.8 Å². The number of ether oxygens (including phenoxy) is 1. The molecular formula is C14H23N3O3. The van der Waals surface area contributed by atoms with Gasteiger partial charge in [-0.15, -0.1) is 0 Å². The number of aromatic nitrogens is 1. The lowest BCUT2D eigenvalue weighted by molar-refractivity contribution is 0.0529. The summed E-state index contributed by atoms with van der Waals surface area (Å²) in [6, 6.07) is 3.56. The quantitative estimate of drug-likeness (QED) is 0.655. The normalized spacial score (nSPS) is 11.1. The number of carbonyl (C=O) groups is 1. The number of nitrogens with zero attached hydrogens (tertiary/aromatic N) is 2. The molecule has 0 aliphatic carbocycles. The Bertz CT molecular complexity index is 515. The Morgan fingerprint density at radius 1 is 1.35 bits per heavy atom. The maximum Gasteiger partial charge on any atom is 0.407 e. The third kappa shape index (κ3) is 5.34. The number of aryl methyl sites for hydroxylation is 2. The van der Waals surface area contributed by atoms with Crippen LogP contribution < -0.4 is 10.7 Å². The number of hydrogen-bond donors (Lipinski definition) is 2. The highest BCUT2D eigenvalue weighted by Gasteiger charge is 2.15. The molecule has 0 saturated carbocycles. The fourth-order valence-corrected chi connectivity index (χ4v) is 1.62. The number of alkyl carbamates (subject to hydrolysis) is 1. The van der Waals surface area contributed by atoms with Crippen LogP contribution in [0.1, 0.15) is 32.2 Å². The van der Waals surface area contributed by atoms with E-state index in [1.807, 2.05) is 20.8 Å². The van der Waals surface area contributed by atoms with Crippen molar-refractivity contribution in [3.05, 3.63) is 28.9 Å². The molecule has 6 nitrogen and oxygen atoms in total. The van der Waals surface area contributed by atoms with Crippen LogP contribution in [0.3, 0.4) is 0 Å². The first-order valence-electron chi connectivity index (χ1n) is 6.56. The maximum atomic E-state index is 11.4. The van der Waals surface area contributed by atoms with Gasteiger partial charge in [-0.3, -0.25) is 4.99 Å². The highest BCUT2D eigenvalue weighted by atomic mass is 16.6. The molecule has 1 aromatic rings. The van der Waals surface area contributed by atoms with Gasteiger partial charge in [-0.2, -0.15) is 4.73 Å². The molecule has 0 radical (unpaired) electrons. The summed E-state index contributed by atoms with van der Waals surface area (Å²) in [5.41, 5.74) is 0.927. The van der Waals surface area contributed by atoms with Gasteiger partial charge in [-0.05, 0) is 46.8 Å². The Kier molecular flexibility index (Phi) is 5.19. The van der Waals surface area contributed by atoms with Gasteiger partial charge in [-0.1, -0.05) is 0 Å². The Labute approximate surface area is 119 Å². The molecule has 0 aliphatic heterocycles. The molecule has 20 heavy (non-hydrogen) atoms. The first kappa shape index (κ1) is 16.1. The van der Waals surface area contributed by atoms with Gasteiger partial charge in [-0.25, -0.2) is 4.79 Å². The number of hydrogen-bond acceptors (Lipinski definition) is 4. The third-order valence-electron chi connectivity index (χ3n) is 2.46. The molecule has 0 saturated heterocycles. The second kappa shape index (κ2) is 6.45. The minimum Gasteiger partial charge on any atom is -0.444 e. The van der Waals surface area contributed by atoms with Crippen molar-refractivity contribution in [3.63, 3.8) is 0 Å². The molecule has 0 bridgehead atoms. The number of rotatable bonds is 3. The average molecular weight is 281 g/mol. The van der Waals surface area contributed by atoms with E-state index in [0.717, 1.165) is 10.1 Å². The largest absolute Gasteiger partial charge is 0.444 e. The molecule has 6 heteroatoms. The van der Waals surface area contributed by atoms with Crippen LogP contribution in [0.15, 0.2) is 17.1 Å². The van der Waals surface area contributed by atoms with Crippen molar-refractivity contribution >= 4 is 6.09 Å². The minimum absolute atomic E-state index is 0.404. The predicted molar refractivity (Wildman–Crippen MR) is 75.8 cm³/mol. The van der Waals surface area contributed by atoms with Crippen LogP contribution in [0.2, 0.25) is 0 Å². The molecule has 0 spiro atoms. The number of amides is 1. The lowest BCUT2D eigenvalue weighted by Crippen LogP contribution is -2.34. The molecule has 2 N–H and O–H groups in total. The first-order chi connectivity index (χ1) is 9.19. The van der Waals surface area contributed by atoms with Gasteiger partial charge in [0, 0.05) is 6.54 Å². The van der Waals surface area contributed by atoms with E-state index in [-0.39, 0.29) is 0 Å². The van der Waals surface area contributed by atoms with Gasteiger partial charge in [0.15, 0.2) is 0 Å². The summed E-state index contributed by atoms with van der Waals surface area (Å²) in [5, 5.41) is 13.0. The van der Waals surface area contributed by atoms with Crippen LogP contribution >= 0.6 is 0 Å². The van der Waals surface area contributed by atoms with Gasteiger partial charge in [0.05, 0.1) is 23.3 Å². The predicted octanol–water partition coefficient (Wildman–Crippen LogP) is 1.77. The van der Waals surface area contributed by atoms with E-state index in [4.69, 9.17) is 4.74 Å². The molecule has 1 aromatic heterocycles. The summed E-state index contributed by atoms with van der Waals surface area (Å²) < 4.78 is 6.22. The summed E-state index contributed by atoms with van der Waals surface area (Å²) >= 11 is 0. The van der Waals surface area contributed by atoms with Crippen LogP contribution in [0.25, 0.3) is 0 Å². The number of carbonyl (C=O) groups excluding carboxylic acids is 1. The fraction of sp³-hybridized carbons (Fsp3) is 0.571. The molecule has 0 fully saturated rings. The van der Waals surface area contributed by atoms with Crippen molar-refractivity contribution < 1.29 is 14.7 Å². The molecular weight excluding hydrogens is 258 g/mol. The van der Waals surface area contributed by atoms with Gasteiger partial charge in [0.25, 0.3) is 0 Å². The van der Waals surface area contributed by atoms with Crippen molar-refractivity contribution in [2.75, 3.05) is 13.1 Å². The maximum absolute atomic E-state index is 11.4. The summed E-state index contributed by atoms with van der Waals surface area (Å²) in [6.45, 7) is 9.90. The Morgan fingerprint density at radius 2 is 1.90 bits per heavy atom. The van der Waals surface area contributed by atoms with E-state index in [9.17, 15) is 10.0 Å². The molecule has 1 amide bonds. The zero-order chi connectivity index (χ0) is 15.3. The van der Waals surface area contributed by atoms with E-state index in [1.165, 1.54) is 0 Å². The lowest BCUT2D eigenvalue weighted by Gasteiger charge is -2.19. The van der Waals surface area contributed by atoms with Crippen molar-refractivity contribution in [1.82, 2.24) is 10.0 Å². The van der Waals surface area contributed by atoms with E-state index >= 15 is 0 Å². The van der Waals surface area contributed by atoms with Crippen LogP contribution in [0, 0.1) is 13.8 Å². The Balaban J connectivity index is 2.52. The van der Waals surface area contributed by atoms with Crippen molar-refractivity contribution in [1.29, 1.82) is 0 Å². The minimum atomic E-state index is -0.496. The average Bonchev–Trinajstić information content (AvgIpc) is 2.29. The van der Waals surface area contributed by atoms with Gasteiger partial charge < -0.3 is 15.3 Å². The van der Waals surface area contributed by atoms with E-state index in [1.54, 1.807) is 26.0 Å². The van der Waals surface area contributed by atoms with Crippen molar-refractivity contribution in [2.45, 2.75) is 40.2 Å². The zero-order valence-electron chi connectivity index (χ0n) is 12.7. The molecule has 1 rings (SSSR count). The molecule has 0 aromatic carbocycles. The number of pyridine rings is 1. The first-order valence-corrected chi connectivity index (χ1v) is 6.56. The highest BCUT2D eigenvalue weighted by molar-refractivity contribution is 5.67. The molecule has 1 heterocycles. The SMILES string of the molecule is Cc1cc(=NCCNC(=O)OC(C)(C)C)cc(C)n1O. The molecule has 0 aliphatic rings. The highest BCUT2D eigenvalue weighted by Crippen LogP contribution is 2.06. The molecule has 112 valence electrons. The summed E-state index contributed by atoms with van der Waals surface area (Å²) in [7, 11) is 0. The van der Waals surface area contributed by atoms with Crippen LogP contribution in [0.4, 0.5) is 4.79 Å². The van der Waals surface area contributed by atoms with Crippen LogP contribution in [-0.4, -0.2) is 34.7 Å². The van der Waals surface area contributed by atoms with Gasteiger partial charge >= 0.3 is 6.09 Å². The third-order valence-corrected chi connectivity index (χ3v) is 2.46. The Hall–Kier alpha value is -1.98.